The molecule has 5 heteroatoms. The third-order valence-corrected chi connectivity index (χ3v) is 4.60. The molecule has 0 aromatic carbocycles. The first kappa shape index (κ1) is 11.7. The first-order chi connectivity index (χ1) is 6.28. The third-order valence-electron chi connectivity index (χ3n) is 2.42. The lowest BCUT2D eigenvalue weighted by Gasteiger charge is -2.41. The Hall–Kier alpha value is -0.420. The van der Waals surface area contributed by atoms with Crippen LogP contribution in [0.1, 0.15) is 20.8 Å². The molecule has 0 radical (unpaired) electrons. The molecule has 0 saturated carbocycles. The van der Waals surface area contributed by atoms with Gasteiger partial charge in [0.15, 0.2) is 0 Å². The summed E-state index contributed by atoms with van der Waals surface area (Å²) in [4.78, 5) is 0. The van der Waals surface area contributed by atoms with Crippen molar-refractivity contribution in [3.05, 3.63) is 0 Å². The summed E-state index contributed by atoms with van der Waals surface area (Å²) in [6.07, 6.45) is 0. The first-order valence-corrected chi connectivity index (χ1v) is 5.91. The Morgan fingerprint density at radius 2 is 2.07 bits per heavy atom. The molecule has 1 aliphatic rings. The molecule has 1 aliphatic heterocycles. The summed E-state index contributed by atoms with van der Waals surface area (Å²) in [7, 11) is -0.977. The van der Waals surface area contributed by atoms with Crippen LogP contribution in [0.2, 0.25) is 0 Å². The molecule has 0 amide bonds. The van der Waals surface area contributed by atoms with Crippen molar-refractivity contribution >= 4 is 16.6 Å². The smallest absolute Gasteiger partial charge is 0.102 e. The molecule has 0 aliphatic carbocycles. The predicted octanol–water partition coefficient (Wildman–Crippen LogP) is 0.486. The number of hydrogen-bond acceptors (Lipinski definition) is 3. The third kappa shape index (κ3) is 2.15. The van der Waals surface area contributed by atoms with Crippen LogP contribution in [-0.4, -0.2) is 33.8 Å². The van der Waals surface area contributed by atoms with Crippen LogP contribution in [0, 0.1) is 10.8 Å². The number of nitrogens with one attached hydrogen (secondary N) is 1. The summed E-state index contributed by atoms with van der Waals surface area (Å²) < 4.78 is 16.7. The minimum absolute atomic E-state index is 0.0985. The molecule has 1 saturated heterocycles. The lowest BCUT2D eigenvalue weighted by Crippen LogP contribution is -2.56. The second-order valence-corrected chi connectivity index (χ2v) is 6.99. The molecule has 0 bridgehead atoms. The quantitative estimate of drug-likeness (QED) is 0.534. The van der Waals surface area contributed by atoms with Gasteiger partial charge in [-0.3, -0.25) is 9.62 Å². The predicted molar refractivity (Wildman–Crippen MR) is 57.9 cm³/mol. The highest BCUT2D eigenvalue weighted by atomic mass is 32.2. The van der Waals surface area contributed by atoms with E-state index in [0.717, 1.165) is 0 Å². The average molecular weight is 218 g/mol. The van der Waals surface area contributed by atoms with E-state index in [2.05, 4.69) is 0 Å². The van der Waals surface area contributed by atoms with Crippen molar-refractivity contribution in [1.29, 1.82) is 5.41 Å². The van der Waals surface area contributed by atoms with Crippen LogP contribution in [0.4, 0.5) is 0 Å². The van der Waals surface area contributed by atoms with Crippen LogP contribution in [0.3, 0.4) is 0 Å². The van der Waals surface area contributed by atoms with Crippen LogP contribution in [0.15, 0.2) is 0 Å². The fraction of sp³-hybridized carbons (Fsp3) is 0.889. The fourth-order valence-corrected chi connectivity index (χ4v) is 2.39. The Kier molecular flexibility index (Phi) is 3.02. The molecular weight excluding hydrogens is 200 g/mol. The van der Waals surface area contributed by atoms with Crippen LogP contribution < -0.4 is 5.73 Å². The molecule has 1 fully saturated rings. The average Bonchev–Trinajstić information content (AvgIpc) is 1.93. The molecule has 1 atom stereocenters. The maximum Gasteiger partial charge on any atom is 0.102 e. The van der Waals surface area contributed by atoms with E-state index in [1.165, 1.54) is 0 Å². The SMILES string of the molecule is CC(C)(C)S(=O)CC1(C(=N)N)COC1. The Morgan fingerprint density at radius 3 is 2.29 bits per heavy atom. The maximum absolute atomic E-state index is 11.9. The van der Waals surface area contributed by atoms with Gasteiger partial charge in [-0.15, -0.1) is 0 Å². The van der Waals surface area contributed by atoms with Crippen LogP contribution in [0.25, 0.3) is 0 Å². The van der Waals surface area contributed by atoms with Crippen LogP contribution in [-0.2, 0) is 15.5 Å². The van der Waals surface area contributed by atoms with E-state index < -0.39 is 16.2 Å². The molecule has 1 heterocycles. The Balaban J connectivity index is 2.67. The number of hydrogen-bond donors (Lipinski definition) is 2. The zero-order chi connectivity index (χ0) is 11.0. The summed E-state index contributed by atoms with van der Waals surface area (Å²) in [5.41, 5.74) is 5.03. The van der Waals surface area contributed by atoms with Gasteiger partial charge in [0.1, 0.15) is 5.84 Å². The van der Waals surface area contributed by atoms with Gasteiger partial charge in [0.05, 0.1) is 18.6 Å². The van der Waals surface area contributed by atoms with E-state index in [1.54, 1.807) is 0 Å². The molecule has 82 valence electrons. The van der Waals surface area contributed by atoms with E-state index >= 15 is 0 Å². The molecule has 3 N–H and O–H groups in total. The van der Waals surface area contributed by atoms with Crippen LogP contribution in [0.5, 0.6) is 0 Å². The topological polar surface area (TPSA) is 76.2 Å². The van der Waals surface area contributed by atoms with E-state index in [4.69, 9.17) is 15.9 Å². The number of rotatable bonds is 3. The first-order valence-electron chi connectivity index (χ1n) is 4.59. The van der Waals surface area contributed by atoms with Crippen molar-refractivity contribution in [1.82, 2.24) is 0 Å². The highest BCUT2D eigenvalue weighted by Gasteiger charge is 2.44. The van der Waals surface area contributed by atoms with Gasteiger partial charge in [0.25, 0.3) is 0 Å². The van der Waals surface area contributed by atoms with Crippen molar-refractivity contribution in [3.8, 4) is 0 Å². The minimum atomic E-state index is -0.977. The maximum atomic E-state index is 11.9. The van der Waals surface area contributed by atoms with Crippen LogP contribution >= 0.6 is 0 Å². The monoisotopic (exact) mass is 218 g/mol. The Labute approximate surface area is 87.2 Å². The van der Waals surface area contributed by atoms with E-state index in [1.807, 2.05) is 20.8 Å². The van der Waals surface area contributed by atoms with Gasteiger partial charge in [0, 0.05) is 21.3 Å². The lowest BCUT2D eigenvalue weighted by atomic mass is 9.87. The summed E-state index contributed by atoms with van der Waals surface area (Å²) in [5, 5.41) is 7.46. The molecule has 1 unspecified atom stereocenters. The largest absolute Gasteiger partial charge is 0.387 e. The van der Waals surface area contributed by atoms with Gasteiger partial charge < -0.3 is 10.5 Å². The second-order valence-electron chi connectivity index (χ2n) is 4.79. The van der Waals surface area contributed by atoms with Crippen molar-refractivity contribution < 1.29 is 8.95 Å². The van der Waals surface area contributed by atoms with Crippen molar-refractivity contribution in [2.24, 2.45) is 11.1 Å². The lowest BCUT2D eigenvalue weighted by molar-refractivity contribution is -0.0571. The minimum Gasteiger partial charge on any atom is -0.387 e. The highest BCUT2D eigenvalue weighted by molar-refractivity contribution is 7.86. The van der Waals surface area contributed by atoms with E-state index in [-0.39, 0.29) is 10.6 Å². The van der Waals surface area contributed by atoms with E-state index in [0.29, 0.717) is 19.0 Å². The van der Waals surface area contributed by atoms with Gasteiger partial charge >= 0.3 is 0 Å². The van der Waals surface area contributed by atoms with Crippen molar-refractivity contribution in [2.45, 2.75) is 25.5 Å². The number of nitrogens with two attached hydrogens (primary N) is 1. The normalized spacial score (nSPS) is 22.5. The summed E-state index contributed by atoms with van der Waals surface area (Å²) in [5.74, 6) is 0.535. The summed E-state index contributed by atoms with van der Waals surface area (Å²) in [6, 6.07) is 0. The zero-order valence-corrected chi connectivity index (χ0v) is 9.74. The van der Waals surface area contributed by atoms with Gasteiger partial charge in [-0.25, -0.2) is 0 Å². The fourth-order valence-electron chi connectivity index (χ4n) is 1.13. The summed E-state index contributed by atoms with van der Waals surface area (Å²) >= 11 is 0. The van der Waals surface area contributed by atoms with E-state index in [9.17, 15) is 4.21 Å². The summed E-state index contributed by atoms with van der Waals surface area (Å²) in [6.45, 7) is 6.65. The number of amidine groups is 1. The molecule has 14 heavy (non-hydrogen) atoms. The van der Waals surface area contributed by atoms with Crippen molar-refractivity contribution in [2.75, 3.05) is 19.0 Å². The number of ether oxygens (including phenoxy) is 1. The molecule has 1 rings (SSSR count). The molecule has 4 nitrogen and oxygen atoms in total. The molecule has 0 aromatic rings. The molecule has 0 aromatic heterocycles. The van der Waals surface area contributed by atoms with Crippen molar-refractivity contribution in [3.63, 3.8) is 0 Å². The highest BCUT2D eigenvalue weighted by Crippen LogP contribution is 2.30. The molecular formula is C9H18N2O2S. The van der Waals surface area contributed by atoms with Gasteiger partial charge in [0.2, 0.25) is 0 Å². The second kappa shape index (κ2) is 3.62. The van der Waals surface area contributed by atoms with Gasteiger partial charge in [-0.1, -0.05) is 0 Å². The Morgan fingerprint density at radius 1 is 1.57 bits per heavy atom. The van der Waals surface area contributed by atoms with Gasteiger partial charge in [-0.05, 0) is 20.8 Å². The molecule has 0 spiro atoms. The standard InChI is InChI=1S/C9H18N2O2S/c1-8(2,3)14(12)6-9(7(10)11)4-13-5-9/h4-6H2,1-3H3,(H3,10,11). The zero-order valence-electron chi connectivity index (χ0n) is 8.92. The van der Waals surface area contributed by atoms with Gasteiger partial charge in [-0.2, -0.15) is 0 Å². The Bertz CT molecular complexity index is 266.